The van der Waals surface area contributed by atoms with Crippen LogP contribution in [0.5, 0.6) is 0 Å². The molecule has 2 aromatic rings. The number of nitro benzene ring substituents is 1. The summed E-state index contributed by atoms with van der Waals surface area (Å²) >= 11 is 6.08. The Morgan fingerprint density at radius 1 is 1.38 bits per heavy atom. The first-order chi connectivity index (χ1) is 9.82. The molecule has 0 radical (unpaired) electrons. The van der Waals surface area contributed by atoms with E-state index in [1.54, 1.807) is 0 Å². The zero-order valence-electron chi connectivity index (χ0n) is 11.3. The maximum atomic E-state index is 11.1. The number of aromatic carboxylic acids is 1. The van der Waals surface area contributed by atoms with Crippen molar-refractivity contribution in [3.05, 3.63) is 50.8 Å². The summed E-state index contributed by atoms with van der Waals surface area (Å²) in [6.07, 6.45) is 0. The molecular weight excluding hydrogens is 298 g/mol. The van der Waals surface area contributed by atoms with Crippen molar-refractivity contribution in [1.82, 2.24) is 9.78 Å². The third-order valence-electron chi connectivity index (χ3n) is 2.92. The van der Waals surface area contributed by atoms with E-state index >= 15 is 0 Å². The van der Waals surface area contributed by atoms with Crippen molar-refractivity contribution < 1.29 is 14.8 Å². The molecule has 0 fully saturated rings. The zero-order valence-corrected chi connectivity index (χ0v) is 12.0. The first kappa shape index (κ1) is 15.0. The van der Waals surface area contributed by atoms with Crippen molar-refractivity contribution in [1.29, 1.82) is 0 Å². The van der Waals surface area contributed by atoms with Gasteiger partial charge in [-0.3, -0.25) is 10.1 Å². The van der Waals surface area contributed by atoms with Crippen LogP contribution in [0.1, 0.15) is 35.9 Å². The summed E-state index contributed by atoms with van der Waals surface area (Å²) in [7, 11) is 0. The summed E-state index contributed by atoms with van der Waals surface area (Å²) in [6.45, 7) is 3.72. The highest BCUT2D eigenvalue weighted by atomic mass is 35.5. The topological polar surface area (TPSA) is 98.3 Å². The summed E-state index contributed by atoms with van der Waals surface area (Å²) < 4.78 is 1.40. The Morgan fingerprint density at radius 3 is 2.38 bits per heavy atom. The van der Waals surface area contributed by atoms with E-state index in [4.69, 9.17) is 16.7 Å². The Bertz CT molecular complexity index is 707. The van der Waals surface area contributed by atoms with Gasteiger partial charge in [0.2, 0.25) is 0 Å². The average molecular weight is 310 g/mol. The molecule has 0 atom stereocenters. The predicted octanol–water partition coefficient (Wildman–Crippen LogP) is 3.26. The van der Waals surface area contributed by atoms with E-state index in [0.29, 0.717) is 11.4 Å². The van der Waals surface area contributed by atoms with E-state index in [1.165, 1.54) is 28.9 Å². The van der Waals surface area contributed by atoms with Crippen molar-refractivity contribution in [3.8, 4) is 5.69 Å². The number of halogens is 1. The van der Waals surface area contributed by atoms with E-state index < -0.39 is 10.9 Å². The monoisotopic (exact) mass is 309 g/mol. The molecule has 0 saturated heterocycles. The standard InChI is InChI=1S/C13H12ClN3O4/c1-7(2)12-10(14)11(13(18)19)15-16(12)8-3-5-9(6-4-8)17(20)21/h3-7H,1-2H3,(H,18,19). The fourth-order valence-corrected chi connectivity index (χ4v) is 2.38. The maximum Gasteiger partial charge on any atom is 0.358 e. The number of nitro groups is 1. The summed E-state index contributed by atoms with van der Waals surface area (Å²) in [5.74, 6) is -1.28. The van der Waals surface area contributed by atoms with Gasteiger partial charge in [-0.2, -0.15) is 5.10 Å². The number of hydrogen-bond acceptors (Lipinski definition) is 4. The minimum atomic E-state index is -1.22. The fourth-order valence-electron chi connectivity index (χ4n) is 1.96. The zero-order chi connectivity index (χ0) is 15.7. The highest BCUT2D eigenvalue weighted by molar-refractivity contribution is 6.34. The van der Waals surface area contributed by atoms with E-state index in [1.807, 2.05) is 13.8 Å². The second-order valence-corrected chi connectivity index (χ2v) is 5.07. The molecule has 0 aliphatic heterocycles. The number of carboxylic acids is 1. The molecule has 0 aliphatic rings. The van der Waals surface area contributed by atoms with Crippen molar-refractivity contribution in [2.45, 2.75) is 19.8 Å². The van der Waals surface area contributed by atoms with Crippen LogP contribution >= 0.6 is 11.6 Å². The predicted molar refractivity (Wildman–Crippen MR) is 76.3 cm³/mol. The van der Waals surface area contributed by atoms with Crippen LogP contribution in [-0.2, 0) is 0 Å². The van der Waals surface area contributed by atoms with Crippen LogP contribution in [0.25, 0.3) is 5.69 Å². The molecule has 1 heterocycles. The second-order valence-electron chi connectivity index (χ2n) is 4.69. The third kappa shape index (κ3) is 2.73. The maximum absolute atomic E-state index is 11.1. The normalized spacial score (nSPS) is 10.9. The number of aromatic nitrogens is 2. The molecule has 0 amide bonds. The van der Waals surface area contributed by atoms with Gasteiger partial charge >= 0.3 is 5.97 Å². The van der Waals surface area contributed by atoms with Crippen LogP contribution < -0.4 is 0 Å². The van der Waals surface area contributed by atoms with Gasteiger partial charge in [0.15, 0.2) is 5.69 Å². The molecule has 110 valence electrons. The lowest BCUT2D eigenvalue weighted by Crippen LogP contribution is -2.05. The molecule has 2 rings (SSSR count). The lowest BCUT2D eigenvalue weighted by molar-refractivity contribution is -0.384. The van der Waals surface area contributed by atoms with Gasteiger partial charge in [-0.25, -0.2) is 9.48 Å². The molecule has 1 N–H and O–H groups in total. The summed E-state index contributed by atoms with van der Waals surface area (Å²) in [5, 5.41) is 23.8. The number of non-ortho nitro benzene ring substituents is 1. The van der Waals surface area contributed by atoms with Crippen LogP contribution in [0.15, 0.2) is 24.3 Å². The first-order valence-corrected chi connectivity index (χ1v) is 6.47. The Labute approximate surface area is 124 Å². The minimum absolute atomic E-state index is 0.0541. The van der Waals surface area contributed by atoms with Gasteiger partial charge in [0.05, 0.1) is 21.3 Å². The molecule has 8 heteroatoms. The molecule has 1 aromatic carbocycles. The minimum Gasteiger partial charge on any atom is -0.476 e. The Hall–Kier alpha value is -2.41. The lowest BCUT2D eigenvalue weighted by atomic mass is 10.1. The second kappa shape index (κ2) is 5.53. The fraction of sp³-hybridized carbons (Fsp3) is 0.231. The van der Waals surface area contributed by atoms with E-state index in [2.05, 4.69) is 5.10 Å². The SMILES string of the molecule is CC(C)c1c(Cl)c(C(=O)O)nn1-c1ccc([N+](=O)[O-])cc1. The first-order valence-electron chi connectivity index (χ1n) is 6.09. The summed E-state index contributed by atoms with van der Waals surface area (Å²) in [4.78, 5) is 21.3. The number of nitrogens with zero attached hydrogens (tertiary/aromatic N) is 3. The van der Waals surface area contributed by atoms with Gasteiger partial charge in [0.25, 0.3) is 5.69 Å². The molecule has 0 unspecified atom stereocenters. The van der Waals surface area contributed by atoms with E-state index in [0.717, 1.165) is 0 Å². The number of carbonyl (C=O) groups is 1. The summed E-state index contributed by atoms with van der Waals surface area (Å²) in [5.41, 5.74) is 0.766. The number of carboxylic acid groups (broad SMARTS) is 1. The molecule has 0 bridgehead atoms. The molecule has 0 spiro atoms. The Morgan fingerprint density at radius 2 is 1.95 bits per heavy atom. The lowest BCUT2D eigenvalue weighted by Gasteiger charge is -2.10. The largest absolute Gasteiger partial charge is 0.476 e. The van der Waals surface area contributed by atoms with Crippen LogP contribution in [0.2, 0.25) is 5.02 Å². The van der Waals surface area contributed by atoms with Crippen LogP contribution in [-0.4, -0.2) is 25.8 Å². The van der Waals surface area contributed by atoms with Gasteiger partial charge < -0.3 is 5.11 Å². The number of benzene rings is 1. The number of hydrogen-bond donors (Lipinski definition) is 1. The quantitative estimate of drug-likeness (QED) is 0.690. The third-order valence-corrected chi connectivity index (χ3v) is 3.29. The van der Waals surface area contributed by atoms with Gasteiger partial charge in [-0.1, -0.05) is 25.4 Å². The van der Waals surface area contributed by atoms with Crippen molar-refractivity contribution in [3.63, 3.8) is 0 Å². The average Bonchev–Trinajstić information content (AvgIpc) is 2.76. The van der Waals surface area contributed by atoms with E-state index in [9.17, 15) is 14.9 Å². The number of rotatable bonds is 4. The van der Waals surface area contributed by atoms with E-state index in [-0.39, 0.29) is 22.3 Å². The molecule has 21 heavy (non-hydrogen) atoms. The molecule has 0 aliphatic carbocycles. The van der Waals surface area contributed by atoms with Crippen molar-refractivity contribution in [2.24, 2.45) is 0 Å². The molecule has 7 nitrogen and oxygen atoms in total. The van der Waals surface area contributed by atoms with Gasteiger partial charge in [0.1, 0.15) is 0 Å². The van der Waals surface area contributed by atoms with Crippen LogP contribution in [0.3, 0.4) is 0 Å². The van der Waals surface area contributed by atoms with Crippen molar-refractivity contribution in [2.75, 3.05) is 0 Å². The van der Waals surface area contributed by atoms with Gasteiger partial charge in [-0.15, -0.1) is 0 Å². The molecule has 0 saturated carbocycles. The smallest absolute Gasteiger partial charge is 0.358 e. The van der Waals surface area contributed by atoms with Gasteiger partial charge in [-0.05, 0) is 18.1 Å². The van der Waals surface area contributed by atoms with Crippen LogP contribution in [0, 0.1) is 10.1 Å². The van der Waals surface area contributed by atoms with Gasteiger partial charge in [0, 0.05) is 12.1 Å². The molecular formula is C13H12ClN3O4. The van der Waals surface area contributed by atoms with Crippen LogP contribution in [0.4, 0.5) is 5.69 Å². The Kier molecular flexibility index (Phi) is 3.95. The molecule has 1 aromatic heterocycles. The highest BCUT2D eigenvalue weighted by Crippen LogP contribution is 2.30. The highest BCUT2D eigenvalue weighted by Gasteiger charge is 2.24. The Balaban J connectivity index is 2.59. The van der Waals surface area contributed by atoms with Crippen molar-refractivity contribution >= 4 is 23.3 Å². The summed E-state index contributed by atoms with van der Waals surface area (Å²) in [6, 6.07) is 5.66.